The van der Waals surface area contributed by atoms with Crippen LogP contribution in [0.15, 0.2) is 23.2 Å². The lowest BCUT2D eigenvalue weighted by Crippen LogP contribution is -1.97. The average Bonchev–Trinajstić information content (AvgIpc) is 2.44. The molecule has 1 aliphatic rings. The standard InChI is InChI=1S/C10H8FNO.C2H6/c11-8-2-4-10-7(5-8)1-3-9(13)6-12-10;1-2/h2,4-6H,1,3H2;1-2H3. The summed E-state index contributed by atoms with van der Waals surface area (Å²) in [5.74, 6) is -0.278. The van der Waals surface area contributed by atoms with Crippen LogP contribution < -0.4 is 0 Å². The maximum Gasteiger partial charge on any atom is 0.174 e. The summed E-state index contributed by atoms with van der Waals surface area (Å²) in [4.78, 5) is 15.0. The molecule has 0 saturated carbocycles. The summed E-state index contributed by atoms with van der Waals surface area (Å²) in [5.41, 5.74) is 1.51. The van der Waals surface area contributed by atoms with Crippen LogP contribution in [0.3, 0.4) is 0 Å². The molecule has 0 fully saturated rings. The predicted molar refractivity (Wildman–Crippen MR) is 59.2 cm³/mol. The lowest BCUT2D eigenvalue weighted by atomic mass is 10.1. The number of aliphatic imine (C=N–C) groups is 1. The van der Waals surface area contributed by atoms with Gasteiger partial charge >= 0.3 is 0 Å². The molecule has 0 radical (unpaired) electrons. The van der Waals surface area contributed by atoms with E-state index in [1.807, 2.05) is 13.8 Å². The highest BCUT2D eigenvalue weighted by atomic mass is 19.1. The summed E-state index contributed by atoms with van der Waals surface area (Å²) in [5, 5.41) is 0. The number of halogens is 1. The molecule has 1 heterocycles. The zero-order valence-corrected chi connectivity index (χ0v) is 8.96. The fourth-order valence-electron chi connectivity index (χ4n) is 1.34. The van der Waals surface area contributed by atoms with Crippen LogP contribution in [0.4, 0.5) is 10.1 Å². The van der Waals surface area contributed by atoms with Crippen molar-refractivity contribution in [3.63, 3.8) is 0 Å². The number of nitrogens with zero attached hydrogens (tertiary/aromatic N) is 1. The summed E-state index contributed by atoms with van der Waals surface area (Å²) in [6, 6.07) is 4.39. The van der Waals surface area contributed by atoms with E-state index in [0.29, 0.717) is 18.5 Å². The second-order valence-electron chi connectivity index (χ2n) is 3.00. The van der Waals surface area contributed by atoms with Crippen molar-refractivity contribution in [1.29, 1.82) is 0 Å². The molecule has 0 bridgehead atoms. The van der Waals surface area contributed by atoms with E-state index >= 15 is 0 Å². The van der Waals surface area contributed by atoms with E-state index in [1.54, 1.807) is 6.07 Å². The normalized spacial score (nSPS) is 13.7. The molecule has 0 atom stereocenters. The number of hydrogen-bond acceptors (Lipinski definition) is 2. The highest BCUT2D eigenvalue weighted by molar-refractivity contribution is 6.28. The molecule has 1 aliphatic heterocycles. The molecule has 0 amide bonds. The fraction of sp³-hybridized carbons (Fsp3) is 0.333. The van der Waals surface area contributed by atoms with Crippen LogP contribution in [0, 0.1) is 5.82 Å². The third kappa shape index (κ3) is 2.98. The Morgan fingerprint density at radius 2 is 2.00 bits per heavy atom. The summed E-state index contributed by atoms with van der Waals surface area (Å²) in [6.45, 7) is 4.00. The van der Waals surface area contributed by atoms with Crippen molar-refractivity contribution in [1.82, 2.24) is 0 Å². The van der Waals surface area contributed by atoms with Gasteiger partial charge in [-0.2, -0.15) is 0 Å². The van der Waals surface area contributed by atoms with Gasteiger partial charge in [0.05, 0.1) is 11.9 Å². The van der Waals surface area contributed by atoms with Gasteiger partial charge in [0, 0.05) is 6.42 Å². The Labute approximate surface area is 88.8 Å². The molecule has 0 aliphatic carbocycles. The van der Waals surface area contributed by atoms with Crippen LogP contribution >= 0.6 is 0 Å². The SMILES string of the molecule is CC.O=C1C=Nc2ccc(F)cc2CC1. The summed E-state index contributed by atoms with van der Waals surface area (Å²) in [7, 11) is 0. The minimum absolute atomic E-state index is 0.00314. The van der Waals surface area contributed by atoms with E-state index in [4.69, 9.17) is 0 Å². The Morgan fingerprint density at radius 1 is 1.27 bits per heavy atom. The third-order valence-electron chi connectivity index (χ3n) is 2.03. The van der Waals surface area contributed by atoms with Crippen molar-refractivity contribution in [2.75, 3.05) is 0 Å². The Hall–Kier alpha value is -1.51. The monoisotopic (exact) mass is 207 g/mol. The van der Waals surface area contributed by atoms with Gasteiger partial charge < -0.3 is 0 Å². The minimum atomic E-state index is -0.275. The number of fused-ring (bicyclic) bond motifs is 1. The number of hydrogen-bond donors (Lipinski definition) is 0. The number of rotatable bonds is 0. The van der Waals surface area contributed by atoms with Crippen molar-refractivity contribution >= 4 is 17.7 Å². The number of carbonyl (C=O) groups is 1. The first-order valence-corrected chi connectivity index (χ1v) is 5.11. The van der Waals surface area contributed by atoms with Crippen LogP contribution in [-0.4, -0.2) is 12.0 Å². The molecule has 0 unspecified atom stereocenters. The van der Waals surface area contributed by atoms with Crippen molar-refractivity contribution in [2.45, 2.75) is 26.7 Å². The highest BCUT2D eigenvalue weighted by Gasteiger charge is 2.09. The van der Waals surface area contributed by atoms with Gasteiger partial charge in [-0.25, -0.2) is 4.39 Å². The van der Waals surface area contributed by atoms with E-state index in [2.05, 4.69) is 4.99 Å². The summed E-state index contributed by atoms with van der Waals surface area (Å²) in [6.07, 6.45) is 2.30. The average molecular weight is 207 g/mol. The first kappa shape index (κ1) is 11.6. The first-order valence-electron chi connectivity index (χ1n) is 5.11. The smallest absolute Gasteiger partial charge is 0.174 e. The molecule has 2 rings (SSSR count). The van der Waals surface area contributed by atoms with E-state index < -0.39 is 0 Å². The molecule has 1 aromatic rings. The Kier molecular flexibility index (Phi) is 4.16. The Bertz CT molecular complexity index is 385. The lowest BCUT2D eigenvalue weighted by Gasteiger charge is -2.00. The molecule has 0 N–H and O–H groups in total. The zero-order valence-electron chi connectivity index (χ0n) is 8.96. The summed E-state index contributed by atoms with van der Waals surface area (Å²) < 4.78 is 12.8. The number of carbonyl (C=O) groups excluding carboxylic acids is 1. The summed E-state index contributed by atoms with van der Waals surface area (Å²) >= 11 is 0. The van der Waals surface area contributed by atoms with Gasteiger partial charge in [0.25, 0.3) is 0 Å². The van der Waals surface area contributed by atoms with Gasteiger partial charge in [-0.1, -0.05) is 13.8 Å². The molecule has 80 valence electrons. The van der Waals surface area contributed by atoms with Crippen molar-refractivity contribution in [2.24, 2.45) is 4.99 Å². The number of ketones is 1. The molecular weight excluding hydrogens is 193 g/mol. The Morgan fingerprint density at radius 3 is 2.73 bits per heavy atom. The first-order chi connectivity index (χ1) is 7.25. The van der Waals surface area contributed by atoms with Gasteiger partial charge in [0.15, 0.2) is 5.78 Å². The zero-order chi connectivity index (χ0) is 11.3. The van der Waals surface area contributed by atoms with Crippen LogP contribution in [0.1, 0.15) is 25.8 Å². The fourth-order valence-corrected chi connectivity index (χ4v) is 1.34. The van der Waals surface area contributed by atoms with E-state index in [9.17, 15) is 9.18 Å². The quantitative estimate of drug-likeness (QED) is 0.642. The molecular formula is C12H14FNO. The molecule has 3 heteroatoms. The molecule has 15 heavy (non-hydrogen) atoms. The topological polar surface area (TPSA) is 29.4 Å². The van der Waals surface area contributed by atoms with Crippen LogP contribution in [-0.2, 0) is 11.2 Å². The van der Waals surface area contributed by atoms with Crippen LogP contribution in [0.25, 0.3) is 0 Å². The number of aryl methyl sites for hydroxylation is 1. The number of benzene rings is 1. The van der Waals surface area contributed by atoms with Crippen molar-refractivity contribution < 1.29 is 9.18 Å². The van der Waals surface area contributed by atoms with Gasteiger partial charge in [-0.05, 0) is 30.2 Å². The van der Waals surface area contributed by atoms with Crippen LogP contribution in [0.2, 0.25) is 0 Å². The largest absolute Gasteiger partial charge is 0.293 e. The van der Waals surface area contributed by atoms with Crippen LogP contribution in [0.5, 0.6) is 0 Å². The van der Waals surface area contributed by atoms with Gasteiger partial charge in [0.1, 0.15) is 5.82 Å². The van der Waals surface area contributed by atoms with E-state index in [0.717, 1.165) is 5.56 Å². The van der Waals surface area contributed by atoms with Gasteiger partial charge in [0.2, 0.25) is 0 Å². The predicted octanol–water partition coefficient (Wildman–Crippen LogP) is 3.07. The molecule has 0 aromatic heterocycles. The molecule has 0 saturated heterocycles. The second-order valence-corrected chi connectivity index (χ2v) is 3.00. The van der Waals surface area contributed by atoms with Crippen molar-refractivity contribution in [3.05, 3.63) is 29.6 Å². The van der Waals surface area contributed by atoms with E-state index in [1.165, 1.54) is 18.3 Å². The molecule has 0 spiro atoms. The number of Topliss-reactive ketones (excluding diaryl/α,β-unsaturated/α-hetero) is 1. The third-order valence-corrected chi connectivity index (χ3v) is 2.03. The highest BCUT2D eigenvalue weighted by Crippen LogP contribution is 2.23. The maximum absolute atomic E-state index is 12.8. The van der Waals surface area contributed by atoms with E-state index in [-0.39, 0.29) is 11.6 Å². The lowest BCUT2D eigenvalue weighted by molar-refractivity contribution is -0.112. The van der Waals surface area contributed by atoms with Gasteiger partial charge in [-0.15, -0.1) is 0 Å². The maximum atomic E-state index is 12.8. The molecule has 1 aromatic carbocycles. The second kappa shape index (κ2) is 5.39. The Balaban J connectivity index is 0.000000531. The van der Waals surface area contributed by atoms with Crippen molar-refractivity contribution in [3.8, 4) is 0 Å². The minimum Gasteiger partial charge on any atom is -0.293 e. The van der Waals surface area contributed by atoms with Gasteiger partial charge in [-0.3, -0.25) is 9.79 Å². The molecule has 2 nitrogen and oxygen atoms in total.